The van der Waals surface area contributed by atoms with Crippen LogP contribution in [0.4, 0.5) is 0 Å². The smallest absolute Gasteiger partial charge is 0.243 e. The molecule has 21 heavy (non-hydrogen) atoms. The van der Waals surface area contributed by atoms with Gasteiger partial charge in [-0.15, -0.1) is 0 Å². The molecule has 1 aliphatic carbocycles. The molecule has 0 aromatic rings. The molecule has 1 saturated carbocycles. The number of piperidine rings is 1. The Hall–Kier alpha value is -0.940. The average Bonchev–Trinajstić information content (AvgIpc) is 2.53. The summed E-state index contributed by atoms with van der Waals surface area (Å²) in [6, 6.07) is 0.967. The second-order valence-electron chi connectivity index (χ2n) is 6.70. The van der Waals surface area contributed by atoms with Crippen LogP contribution in [-0.2, 0) is 4.79 Å². The van der Waals surface area contributed by atoms with Crippen molar-refractivity contribution in [3.63, 3.8) is 0 Å². The van der Waals surface area contributed by atoms with Gasteiger partial charge in [0.25, 0.3) is 0 Å². The van der Waals surface area contributed by atoms with Gasteiger partial charge in [-0.05, 0) is 66.1 Å². The monoisotopic (exact) mass is 294 g/mol. The van der Waals surface area contributed by atoms with Crippen molar-refractivity contribution < 1.29 is 4.79 Å². The van der Waals surface area contributed by atoms with Gasteiger partial charge in [-0.3, -0.25) is 4.79 Å². The first-order valence-electron chi connectivity index (χ1n) is 8.31. The number of rotatable bonds is 4. The van der Waals surface area contributed by atoms with E-state index in [-0.39, 0.29) is 11.8 Å². The fourth-order valence-corrected chi connectivity index (χ4v) is 3.38. The lowest BCUT2D eigenvalue weighted by molar-refractivity contribution is -0.126. The third-order valence-corrected chi connectivity index (χ3v) is 4.95. The molecule has 1 unspecified atom stereocenters. The fourth-order valence-electron chi connectivity index (χ4n) is 3.38. The maximum absolute atomic E-state index is 12.2. The molecule has 2 aliphatic rings. The standard InChI is InChI=1S/C16H30N4O/c1-12(15-6-4-5-11-17-15)18-19-16(21)13-7-9-14(10-8-13)20(2)3/h13-15,17H,4-11H2,1-3H3,(H,19,21)/b18-12+. The third-order valence-electron chi connectivity index (χ3n) is 4.95. The summed E-state index contributed by atoms with van der Waals surface area (Å²) in [6.45, 7) is 3.06. The van der Waals surface area contributed by atoms with E-state index in [0.717, 1.165) is 44.4 Å². The zero-order chi connectivity index (χ0) is 15.2. The Morgan fingerprint density at radius 3 is 2.43 bits per heavy atom. The Kier molecular flexibility index (Phi) is 6.18. The van der Waals surface area contributed by atoms with Crippen LogP contribution in [0.1, 0.15) is 51.9 Å². The van der Waals surface area contributed by atoms with Gasteiger partial charge < -0.3 is 10.2 Å². The summed E-state index contributed by atoms with van der Waals surface area (Å²) >= 11 is 0. The second-order valence-corrected chi connectivity index (χ2v) is 6.70. The number of nitrogens with one attached hydrogen (secondary N) is 2. The number of carbonyl (C=O) groups is 1. The van der Waals surface area contributed by atoms with Crippen LogP contribution in [0.3, 0.4) is 0 Å². The summed E-state index contributed by atoms with van der Waals surface area (Å²) in [5.41, 5.74) is 3.79. The minimum absolute atomic E-state index is 0.0994. The lowest BCUT2D eigenvalue weighted by Crippen LogP contribution is -2.41. The van der Waals surface area contributed by atoms with Crippen molar-refractivity contribution >= 4 is 11.6 Å². The second kappa shape index (κ2) is 7.90. The molecule has 0 radical (unpaired) electrons. The lowest BCUT2D eigenvalue weighted by atomic mass is 9.85. The normalized spacial score (nSPS) is 31.2. The highest BCUT2D eigenvalue weighted by atomic mass is 16.2. The first kappa shape index (κ1) is 16.4. The van der Waals surface area contributed by atoms with E-state index in [1.165, 1.54) is 12.8 Å². The molecular weight excluding hydrogens is 264 g/mol. The number of amides is 1. The van der Waals surface area contributed by atoms with E-state index in [0.29, 0.717) is 12.1 Å². The zero-order valence-electron chi connectivity index (χ0n) is 13.7. The van der Waals surface area contributed by atoms with E-state index in [1.54, 1.807) is 0 Å². The van der Waals surface area contributed by atoms with Gasteiger partial charge in [0.1, 0.15) is 0 Å². The average molecular weight is 294 g/mol. The predicted molar refractivity (Wildman–Crippen MR) is 86.3 cm³/mol. The van der Waals surface area contributed by atoms with E-state index in [4.69, 9.17) is 0 Å². The van der Waals surface area contributed by atoms with Gasteiger partial charge in [-0.25, -0.2) is 5.43 Å². The summed E-state index contributed by atoms with van der Waals surface area (Å²) in [7, 11) is 4.24. The van der Waals surface area contributed by atoms with Gasteiger partial charge in [0.05, 0.1) is 5.71 Å². The van der Waals surface area contributed by atoms with E-state index in [2.05, 4.69) is 34.8 Å². The van der Waals surface area contributed by atoms with Crippen LogP contribution in [0.25, 0.3) is 0 Å². The topological polar surface area (TPSA) is 56.7 Å². The molecule has 120 valence electrons. The SMILES string of the molecule is C/C(=N\NC(=O)C1CCC(N(C)C)CC1)C1CCCCN1. The molecular formula is C16H30N4O. The summed E-state index contributed by atoms with van der Waals surface area (Å²) in [6.07, 6.45) is 7.78. The molecule has 0 spiro atoms. The minimum Gasteiger partial charge on any atom is -0.309 e. The van der Waals surface area contributed by atoms with Crippen LogP contribution in [-0.4, -0.2) is 49.2 Å². The summed E-state index contributed by atoms with van der Waals surface area (Å²) < 4.78 is 0. The Labute approximate surface area is 128 Å². The number of hydrazone groups is 1. The highest BCUT2D eigenvalue weighted by Gasteiger charge is 2.27. The minimum atomic E-state index is 0.0994. The number of carbonyl (C=O) groups excluding carboxylic acids is 1. The summed E-state index contributed by atoms with van der Waals surface area (Å²) in [5.74, 6) is 0.236. The highest BCUT2D eigenvalue weighted by Crippen LogP contribution is 2.26. The number of hydrogen-bond acceptors (Lipinski definition) is 4. The van der Waals surface area contributed by atoms with E-state index in [1.807, 2.05) is 6.92 Å². The molecule has 1 aliphatic heterocycles. The molecule has 1 amide bonds. The third kappa shape index (κ3) is 4.78. The van der Waals surface area contributed by atoms with Crippen molar-refractivity contribution in [1.82, 2.24) is 15.6 Å². The number of nitrogens with zero attached hydrogens (tertiary/aromatic N) is 2. The Bertz CT molecular complexity index is 366. The van der Waals surface area contributed by atoms with Crippen molar-refractivity contribution in [2.45, 2.75) is 64.0 Å². The van der Waals surface area contributed by atoms with E-state index in [9.17, 15) is 4.79 Å². The first-order chi connectivity index (χ1) is 10.1. The first-order valence-corrected chi connectivity index (χ1v) is 8.31. The van der Waals surface area contributed by atoms with Crippen LogP contribution in [0.5, 0.6) is 0 Å². The van der Waals surface area contributed by atoms with Gasteiger partial charge in [0.15, 0.2) is 0 Å². The molecule has 0 aromatic carbocycles. The lowest BCUT2D eigenvalue weighted by Gasteiger charge is -2.31. The highest BCUT2D eigenvalue weighted by molar-refractivity contribution is 5.89. The van der Waals surface area contributed by atoms with Crippen molar-refractivity contribution in [2.24, 2.45) is 11.0 Å². The van der Waals surface area contributed by atoms with Gasteiger partial charge in [-0.1, -0.05) is 6.42 Å². The Balaban J connectivity index is 1.76. The van der Waals surface area contributed by atoms with Gasteiger partial charge in [-0.2, -0.15) is 5.10 Å². The van der Waals surface area contributed by atoms with Crippen molar-refractivity contribution in [3.8, 4) is 0 Å². The molecule has 1 saturated heterocycles. The molecule has 0 aromatic heterocycles. The van der Waals surface area contributed by atoms with Crippen molar-refractivity contribution in [3.05, 3.63) is 0 Å². The van der Waals surface area contributed by atoms with E-state index < -0.39 is 0 Å². The molecule has 5 nitrogen and oxygen atoms in total. The number of hydrogen-bond donors (Lipinski definition) is 2. The molecule has 0 bridgehead atoms. The van der Waals surface area contributed by atoms with E-state index >= 15 is 0 Å². The molecule has 5 heteroatoms. The largest absolute Gasteiger partial charge is 0.309 e. The van der Waals surface area contributed by atoms with Gasteiger partial charge in [0.2, 0.25) is 5.91 Å². The van der Waals surface area contributed by atoms with Crippen molar-refractivity contribution in [2.75, 3.05) is 20.6 Å². The van der Waals surface area contributed by atoms with Crippen LogP contribution < -0.4 is 10.7 Å². The molecule has 1 heterocycles. The Morgan fingerprint density at radius 1 is 1.14 bits per heavy atom. The van der Waals surface area contributed by atoms with Crippen LogP contribution in [0.15, 0.2) is 5.10 Å². The van der Waals surface area contributed by atoms with Gasteiger partial charge >= 0.3 is 0 Å². The zero-order valence-corrected chi connectivity index (χ0v) is 13.7. The van der Waals surface area contributed by atoms with Crippen LogP contribution >= 0.6 is 0 Å². The maximum atomic E-state index is 12.2. The predicted octanol–water partition coefficient (Wildman–Crippen LogP) is 1.74. The fraction of sp³-hybridized carbons (Fsp3) is 0.875. The van der Waals surface area contributed by atoms with Crippen molar-refractivity contribution in [1.29, 1.82) is 0 Å². The van der Waals surface area contributed by atoms with Crippen LogP contribution in [0.2, 0.25) is 0 Å². The van der Waals surface area contributed by atoms with Gasteiger partial charge in [0, 0.05) is 18.0 Å². The van der Waals surface area contributed by atoms with Crippen LogP contribution in [0, 0.1) is 5.92 Å². The summed E-state index contributed by atoms with van der Waals surface area (Å²) in [4.78, 5) is 14.5. The molecule has 2 fully saturated rings. The molecule has 1 atom stereocenters. The molecule has 2 N–H and O–H groups in total. The summed E-state index contributed by atoms with van der Waals surface area (Å²) in [5, 5.41) is 7.77. The quantitative estimate of drug-likeness (QED) is 0.613. The Morgan fingerprint density at radius 2 is 1.86 bits per heavy atom. The maximum Gasteiger partial charge on any atom is 0.243 e. The molecule has 2 rings (SSSR count).